The highest BCUT2D eigenvalue weighted by Gasteiger charge is 2.25. The van der Waals surface area contributed by atoms with E-state index in [1.54, 1.807) is 13.8 Å². The molecule has 1 amide bonds. The molecule has 6 nitrogen and oxygen atoms in total. The molecule has 0 aromatic carbocycles. The predicted molar refractivity (Wildman–Crippen MR) is 66.3 cm³/mol. The summed E-state index contributed by atoms with van der Waals surface area (Å²) in [5.74, 6) is -0.944. The number of hydrogen-bond acceptors (Lipinski definition) is 4. The van der Waals surface area contributed by atoms with Crippen LogP contribution in [0.15, 0.2) is 12.4 Å². The lowest BCUT2D eigenvalue weighted by Crippen LogP contribution is -2.25. The molecule has 1 rings (SSSR count). The molecular formula is C11H14ClN3O3. The number of anilines is 1. The maximum atomic E-state index is 11.7. The molecule has 18 heavy (non-hydrogen) atoms. The van der Waals surface area contributed by atoms with Crippen LogP contribution in [0.25, 0.3) is 0 Å². The SMILES string of the molecule is CC(C)(CC(=O)O)CC(=O)Nc1cc(Cl)ncn1. The molecule has 0 aliphatic carbocycles. The number of amides is 1. The van der Waals surface area contributed by atoms with Gasteiger partial charge in [0, 0.05) is 12.5 Å². The number of hydrogen-bond donors (Lipinski definition) is 2. The Hall–Kier alpha value is -1.69. The Morgan fingerprint density at radius 1 is 1.39 bits per heavy atom. The van der Waals surface area contributed by atoms with Crippen LogP contribution < -0.4 is 5.32 Å². The van der Waals surface area contributed by atoms with Crippen LogP contribution in [0.3, 0.4) is 0 Å². The second kappa shape index (κ2) is 5.77. The third-order valence-corrected chi connectivity index (χ3v) is 2.38. The molecule has 0 saturated carbocycles. The number of nitrogens with one attached hydrogen (secondary N) is 1. The van der Waals surface area contributed by atoms with E-state index in [-0.39, 0.29) is 23.9 Å². The lowest BCUT2D eigenvalue weighted by Gasteiger charge is -2.21. The number of carboxylic acids is 1. The van der Waals surface area contributed by atoms with E-state index in [0.29, 0.717) is 5.82 Å². The van der Waals surface area contributed by atoms with Crippen molar-refractivity contribution in [1.82, 2.24) is 9.97 Å². The van der Waals surface area contributed by atoms with Gasteiger partial charge in [0.05, 0.1) is 6.42 Å². The van der Waals surface area contributed by atoms with E-state index in [4.69, 9.17) is 16.7 Å². The predicted octanol–water partition coefficient (Wildman–Crippen LogP) is 1.96. The topological polar surface area (TPSA) is 92.2 Å². The molecule has 0 radical (unpaired) electrons. The van der Waals surface area contributed by atoms with E-state index in [0.717, 1.165) is 0 Å². The summed E-state index contributed by atoms with van der Waals surface area (Å²) >= 11 is 5.65. The minimum Gasteiger partial charge on any atom is -0.481 e. The summed E-state index contributed by atoms with van der Waals surface area (Å²) in [5, 5.41) is 11.5. The van der Waals surface area contributed by atoms with E-state index in [2.05, 4.69) is 15.3 Å². The highest BCUT2D eigenvalue weighted by atomic mass is 35.5. The number of nitrogens with zero attached hydrogens (tertiary/aromatic N) is 2. The fraction of sp³-hybridized carbons (Fsp3) is 0.455. The van der Waals surface area contributed by atoms with Gasteiger partial charge in [-0.3, -0.25) is 9.59 Å². The Kier molecular flexibility index (Phi) is 4.61. The van der Waals surface area contributed by atoms with E-state index >= 15 is 0 Å². The molecule has 0 bridgehead atoms. The first-order chi connectivity index (χ1) is 8.28. The van der Waals surface area contributed by atoms with Gasteiger partial charge in [-0.2, -0.15) is 0 Å². The highest BCUT2D eigenvalue weighted by molar-refractivity contribution is 6.29. The smallest absolute Gasteiger partial charge is 0.303 e. The summed E-state index contributed by atoms with van der Waals surface area (Å²) in [5.41, 5.74) is -0.618. The Balaban J connectivity index is 2.59. The first-order valence-electron chi connectivity index (χ1n) is 5.28. The fourth-order valence-electron chi connectivity index (χ4n) is 1.50. The van der Waals surface area contributed by atoms with Crippen LogP contribution >= 0.6 is 11.6 Å². The van der Waals surface area contributed by atoms with Crippen LogP contribution in [0.5, 0.6) is 0 Å². The number of carboxylic acid groups (broad SMARTS) is 1. The van der Waals surface area contributed by atoms with Gasteiger partial charge in [0.15, 0.2) is 0 Å². The van der Waals surface area contributed by atoms with Gasteiger partial charge in [0.1, 0.15) is 17.3 Å². The van der Waals surface area contributed by atoms with E-state index in [1.807, 2.05) is 0 Å². The molecule has 7 heteroatoms. The lowest BCUT2D eigenvalue weighted by molar-refractivity contribution is -0.139. The standard InChI is InChI=1S/C11H14ClN3O3/c1-11(2,5-10(17)18)4-9(16)15-8-3-7(12)13-6-14-8/h3,6H,4-5H2,1-2H3,(H,17,18)(H,13,14,15,16). The third-order valence-electron chi connectivity index (χ3n) is 2.17. The summed E-state index contributed by atoms with van der Waals surface area (Å²) in [7, 11) is 0. The van der Waals surface area contributed by atoms with Crippen LogP contribution in [-0.2, 0) is 9.59 Å². The second-order valence-corrected chi connectivity index (χ2v) is 5.07. The number of aromatic nitrogens is 2. The Morgan fingerprint density at radius 2 is 2.06 bits per heavy atom. The van der Waals surface area contributed by atoms with Crippen LogP contribution in [0.1, 0.15) is 26.7 Å². The van der Waals surface area contributed by atoms with Gasteiger partial charge < -0.3 is 10.4 Å². The zero-order chi connectivity index (χ0) is 13.8. The molecule has 98 valence electrons. The van der Waals surface area contributed by atoms with Crippen molar-refractivity contribution in [1.29, 1.82) is 0 Å². The summed E-state index contributed by atoms with van der Waals surface area (Å²) in [6.45, 7) is 3.43. The minimum atomic E-state index is -0.933. The van der Waals surface area contributed by atoms with Crippen molar-refractivity contribution < 1.29 is 14.7 Å². The molecular weight excluding hydrogens is 258 g/mol. The maximum absolute atomic E-state index is 11.7. The van der Waals surface area contributed by atoms with E-state index < -0.39 is 11.4 Å². The molecule has 0 saturated heterocycles. The molecule has 0 fully saturated rings. The molecule has 0 spiro atoms. The fourth-order valence-corrected chi connectivity index (χ4v) is 1.64. The first kappa shape index (κ1) is 14.4. The molecule has 2 N–H and O–H groups in total. The molecule has 0 atom stereocenters. The third kappa shape index (κ3) is 5.09. The molecule has 1 aromatic rings. The van der Waals surface area contributed by atoms with Crippen LogP contribution in [0.4, 0.5) is 5.82 Å². The zero-order valence-corrected chi connectivity index (χ0v) is 10.9. The Bertz CT molecular complexity index is 463. The molecule has 0 aliphatic rings. The average molecular weight is 272 g/mol. The summed E-state index contributed by atoms with van der Waals surface area (Å²) < 4.78 is 0. The summed E-state index contributed by atoms with van der Waals surface area (Å²) in [4.78, 5) is 29.9. The summed E-state index contributed by atoms with van der Waals surface area (Å²) in [6.07, 6.45) is 1.24. The van der Waals surface area contributed by atoms with Crippen LogP contribution in [-0.4, -0.2) is 27.0 Å². The monoisotopic (exact) mass is 271 g/mol. The lowest BCUT2D eigenvalue weighted by atomic mass is 9.85. The van der Waals surface area contributed by atoms with Gasteiger partial charge in [0.2, 0.25) is 5.91 Å². The number of aliphatic carboxylic acids is 1. The molecule has 0 unspecified atom stereocenters. The Morgan fingerprint density at radius 3 is 2.61 bits per heavy atom. The number of rotatable bonds is 5. The van der Waals surface area contributed by atoms with Crippen molar-refractivity contribution in [3.63, 3.8) is 0 Å². The molecule has 1 aromatic heterocycles. The largest absolute Gasteiger partial charge is 0.481 e. The van der Waals surface area contributed by atoms with Gasteiger partial charge >= 0.3 is 5.97 Å². The van der Waals surface area contributed by atoms with Crippen molar-refractivity contribution >= 4 is 29.3 Å². The number of halogens is 1. The van der Waals surface area contributed by atoms with Crippen molar-refractivity contribution in [2.75, 3.05) is 5.32 Å². The van der Waals surface area contributed by atoms with Crippen LogP contribution in [0.2, 0.25) is 5.15 Å². The highest BCUT2D eigenvalue weighted by Crippen LogP contribution is 2.25. The maximum Gasteiger partial charge on any atom is 0.303 e. The van der Waals surface area contributed by atoms with Gasteiger partial charge in [-0.1, -0.05) is 25.4 Å². The van der Waals surface area contributed by atoms with Crippen molar-refractivity contribution in [2.24, 2.45) is 5.41 Å². The molecule has 0 aliphatic heterocycles. The normalized spacial score (nSPS) is 11.1. The van der Waals surface area contributed by atoms with Crippen molar-refractivity contribution in [3.8, 4) is 0 Å². The minimum absolute atomic E-state index is 0.0784. The number of carbonyl (C=O) groups is 2. The Labute approximate surface area is 109 Å². The zero-order valence-electron chi connectivity index (χ0n) is 10.1. The van der Waals surface area contributed by atoms with Gasteiger partial charge in [-0.25, -0.2) is 9.97 Å². The summed E-state index contributed by atoms with van der Waals surface area (Å²) in [6, 6.07) is 1.42. The average Bonchev–Trinajstić information content (AvgIpc) is 2.13. The first-order valence-corrected chi connectivity index (χ1v) is 5.65. The molecule has 1 heterocycles. The van der Waals surface area contributed by atoms with E-state index in [9.17, 15) is 9.59 Å². The quantitative estimate of drug-likeness (QED) is 0.799. The van der Waals surface area contributed by atoms with Crippen molar-refractivity contribution in [3.05, 3.63) is 17.5 Å². The van der Waals surface area contributed by atoms with Gasteiger partial charge in [0.25, 0.3) is 0 Å². The van der Waals surface area contributed by atoms with Gasteiger partial charge in [-0.05, 0) is 5.41 Å². The van der Waals surface area contributed by atoms with Crippen LogP contribution in [0, 0.1) is 5.41 Å². The second-order valence-electron chi connectivity index (χ2n) is 4.69. The van der Waals surface area contributed by atoms with Crippen molar-refractivity contribution in [2.45, 2.75) is 26.7 Å². The number of carbonyl (C=O) groups excluding carboxylic acids is 1. The van der Waals surface area contributed by atoms with Gasteiger partial charge in [-0.15, -0.1) is 0 Å². The van der Waals surface area contributed by atoms with E-state index in [1.165, 1.54) is 12.4 Å².